The van der Waals surface area contributed by atoms with Crippen LogP contribution in [0.3, 0.4) is 0 Å². The van der Waals surface area contributed by atoms with E-state index in [9.17, 15) is 5.26 Å². The molecule has 5 nitrogen and oxygen atoms in total. The number of rotatable bonds is 9. The zero-order chi connectivity index (χ0) is 24.8. The molecule has 4 rings (SSSR count). The summed E-state index contributed by atoms with van der Waals surface area (Å²) in [5.74, 6) is 1.81. The summed E-state index contributed by atoms with van der Waals surface area (Å²) in [7, 11) is 0. The molecule has 35 heavy (non-hydrogen) atoms. The van der Waals surface area contributed by atoms with E-state index >= 15 is 0 Å². The SMILES string of the molecule is C=CCc1cc(C=C(C#N)c2nc3ccc(C)cc3[nH]2)cc(OCC)c1OCc1ccc(Cl)cc1. The summed E-state index contributed by atoms with van der Waals surface area (Å²) >= 11 is 6.00. The predicted octanol–water partition coefficient (Wildman–Crippen LogP) is 7.30. The number of imidazole rings is 1. The van der Waals surface area contributed by atoms with Gasteiger partial charge in [-0.3, -0.25) is 0 Å². The monoisotopic (exact) mass is 483 g/mol. The van der Waals surface area contributed by atoms with E-state index in [1.807, 2.05) is 80.6 Å². The number of nitrogens with one attached hydrogen (secondary N) is 1. The number of fused-ring (bicyclic) bond motifs is 1. The lowest BCUT2D eigenvalue weighted by Crippen LogP contribution is -2.03. The van der Waals surface area contributed by atoms with Crippen molar-refractivity contribution in [2.24, 2.45) is 0 Å². The first-order valence-electron chi connectivity index (χ1n) is 11.4. The maximum Gasteiger partial charge on any atom is 0.165 e. The second-order valence-electron chi connectivity index (χ2n) is 8.12. The molecule has 6 heteroatoms. The lowest BCUT2D eigenvalue weighted by atomic mass is 10.0. The summed E-state index contributed by atoms with van der Waals surface area (Å²) < 4.78 is 12.1. The fourth-order valence-corrected chi connectivity index (χ4v) is 3.93. The Bertz CT molecular complexity index is 1430. The second-order valence-corrected chi connectivity index (χ2v) is 8.56. The maximum atomic E-state index is 9.89. The number of hydrogen-bond donors (Lipinski definition) is 1. The van der Waals surface area contributed by atoms with E-state index in [1.54, 1.807) is 0 Å². The van der Waals surface area contributed by atoms with Crippen LogP contribution in [0.1, 0.15) is 35.0 Å². The third-order valence-electron chi connectivity index (χ3n) is 5.44. The Morgan fingerprint density at radius 3 is 2.66 bits per heavy atom. The molecule has 0 fully saturated rings. The molecule has 0 bridgehead atoms. The minimum atomic E-state index is 0.373. The quantitative estimate of drug-likeness (QED) is 0.200. The van der Waals surface area contributed by atoms with Crippen LogP contribution in [0.15, 0.2) is 67.3 Å². The van der Waals surface area contributed by atoms with Gasteiger partial charge in [-0.05, 0) is 79.4 Å². The Balaban J connectivity index is 1.71. The Labute approximate surface area is 210 Å². The van der Waals surface area contributed by atoms with Gasteiger partial charge in [0, 0.05) is 10.6 Å². The Kier molecular flexibility index (Phi) is 7.54. The molecule has 0 unspecified atom stereocenters. The summed E-state index contributed by atoms with van der Waals surface area (Å²) in [6.45, 7) is 8.69. The van der Waals surface area contributed by atoms with Crippen molar-refractivity contribution in [2.45, 2.75) is 26.9 Å². The number of aromatic nitrogens is 2. The maximum absolute atomic E-state index is 9.89. The first-order valence-corrected chi connectivity index (χ1v) is 11.7. The number of nitrogens with zero attached hydrogens (tertiary/aromatic N) is 2. The van der Waals surface area contributed by atoms with Crippen molar-refractivity contribution < 1.29 is 9.47 Å². The van der Waals surface area contributed by atoms with Gasteiger partial charge in [0.25, 0.3) is 0 Å². The molecule has 0 saturated carbocycles. The number of halogens is 1. The van der Waals surface area contributed by atoms with Crippen LogP contribution in [-0.2, 0) is 13.0 Å². The van der Waals surface area contributed by atoms with E-state index < -0.39 is 0 Å². The fourth-order valence-electron chi connectivity index (χ4n) is 3.81. The van der Waals surface area contributed by atoms with Crippen LogP contribution < -0.4 is 9.47 Å². The van der Waals surface area contributed by atoms with Crippen molar-refractivity contribution in [1.29, 1.82) is 5.26 Å². The van der Waals surface area contributed by atoms with E-state index in [2.05, 4.69) is 22.6 Å². The number of aromatic amines is 1. The molecule has 0 radical (unpaired) electrons. The summed E-state index contributed by atoms with van der Waals surface area (Å²) in [6, 6.07) is 19.7. The highest BCUT2D eigenvalue weighted by molar-refractivity contribution is 6.30. The van der Waals surface area contributed by atoms with Crippen molar-refractivity contribution in [3.8, 4) is 17.6 Å². The molecule has 0 spiro atoms. The molecule has 3 aromatic carbocycles. The van der Waals surface area contributed by atoms with Crippen molar-refractivity contribution in [3.63, 3.8) is 0 Å². The van der Waals surface area contributed by atoms with Gasteiger partial charge < -0.3 is 14.5 Å². The van der Waals surface area contributed by atoms with Crippen molar-refractivity contribution in [1.82, 2.24) is 9.97 Å². The van der Waals surface area contributed by atoms with Gasteiger partial charge >= 0.3 is 0 Å². The highest BCUT2D eigenvalue weighted by Crippen LogP contribution is 2.36. The number of benzene rings is 3. The minimum Gasteiger partial charge on any atom is -0.490 e. The van der Waals surface area contributed by atoms with Crippen LogP contribution in [0.4, 0.5) is 0 Å². The number of aryl methyl sites for hydroxylation is 1. The normalized spacial score (nSPS) is 11.3. The molecule has 1 aromatic heterocycles. The van der Waals surface area contributed by atoms with Gasteiger partial charge in [-0.15, -0.1) is 6.58 Å². The molecule has 0 atom stereocenters. The minimum absolute atomic E-state index is 0.373. The highest BCUT2D eigenvalue weighted by Gasteiger charge is 2.15. The summed E-state index contributed by atoms with van der Waals surface area (Å²) in [4.78, 5) is 7.86. The number of ether oxygens (including phenoxy) is 2. The Hall–Kier alpha value is -4.01. The number of allylic oxidation sites excluding steroid dienone is 2. The lowest BCUT2D eigenvalue weighted by molar-refractivity contribution is 0.267. The average molecular weight is 484 g/mol. The fraction of sp³-hybridized carbons (Fsp3) is 0.172. The van der Waals surface area contributed by atoms with Gasteiger partial charge in [-0.2, -0.15) is 5.26 Å². The second kappa shape index (κ2) is 10.9. The zero-order valence-electron chi connectivity index (χ0n) is 19.8. The molecule has 0 amide bonds. The van der Waals surface area contributed by atoms with Gasteiger partial charge in [0.1, 0.15) is 18.5 Å². The largest absolute Gasteiger partial charge is 0.490 e. The number of nitriles is 1. The van der Waals surface area contributed by atoms with E-state index in [-0.39, 0.29) is 0 Å². The number of hydrogen-bond acceptors (Lipinski definition) is 4. The van der Waals surface area contributed by atoms with Gasteiger partial charge in [0.15, 0.2) is 11.5 Å². The summed E-state index contributed by atoms with van der Waals surface area (Å²) in [5.41, 5.74) is 6.01. The smallest absolute Gasteiger partial charge is 0.165 e. The van der Waals surface area contributed by atoms with E-state index in [4.69, 9.17) is 21.1 Å². The molecule has 0 aliphatic heterocycles. The van der Waals surface area contributed by atoms with E-state index in [0.717, 1.165) is 33.3 Å². The van der Waals surface area contributed by atoms with Crippen LogP contribution in [0.2, 0.25) is 5.02 Å². The Morgan fingerprint density at radius 1 is 1.14 bits per heavy atom. The summed E-state index contributed by atoms with van der Waals surface area (Å²) in [5, 5.41) is 10.6. The van der Waals surface area contributed by atoms with Crippen molar-refractivity contribution in [3.05, 3.63) is 100 Å². The van der Waals surface area contributed by atoms with Crippen molar-refractivity contribution >= 4 is 34.3 Å². The van der Waals surface area contributed by atoms with Crippen LogP contribution >= 0.6 is 11.6 Å². The van der Waals surface area contributed by atoms with E-state index in [1.165, 1.54) is 0 Å². The zero-order valence-corrected chi connectivity index (χ0v) is 20.5. The Morgan fingerprint density at radius 2 is 1.94 bits per heavy atom. The van der Waals surface area contributed by atoms with Crippen LogP contribution in [-0.4, -0.2) is 16.6 Å². The third kappa shape index (κ3) is 5.74. The standard InChI is InChI=1S/C29H26ClN3O2/c1-4-6-22-14-21(15-23(17-31)29-32-25-12-7-19(3)13-26(25)33-29)16-27(34-5-2)28(22)35-18-20-8-10-24(30)11-9-20/h4,7-16H,1,5-6,18H2,2-3H3,(H,32,33). The predicted molar refractivity (Wildman–Crippen MR) is 142 cm³/mol. The van der Waals surface area contributed by atoms with Crippen molar-refractivity contribution in [2.75, 3.05) is 6.61 Å². The first kappa shape index (κ1) is 24.1. The topological polar surface area (TPSA) is 70.9 Å². The first-order chi connectivity index (χ1) is 17.0. The van der Waals surface area contributed by atoms with Gasteiger partial charge in [0.05, 0.1) is 23.2 Å². The molecular weight excluding hydrogens is 458 g/mol. The van der Waals surface area contributed by atoms with Crippen LogP contribution in [0.25, 0.3) is 22.7 Å². The molecule has 0 aliphatic carbocycles. The van der Waals surface area contributed by atoms with Crippen LogP contribution in [0, 0.1) is 18.3 Å². The molecular formula is C29H26ClN3O2. The molecule has 4 aromatic rings. The molecule has 176 valence electrons. The molecule has 0 saturated heterocycles. The summed E-state index contributed by atoms with van der Waals surface area (Å²) in [6.07, 6.45) is 4.21. The molecule has 1 heterocycles. The van der Waals surface area contributed by atoms with Crippen LogP contribution in [0.5, 0.6) is 11.5 Å². The lowest BCUT2D eigenvalue weighted by Gasteiger charge is -2.17. The molecule has 1 N–H and O–H groups in total. The number of H-pyrrole nitrogens is 1. The van der Waals surface area contributed by atoms with Gasteiger partial charge in [0.2, 0.25) is 0 Å². The molecule has 0 aliphatic rings. The van der Waals surface area contributed by atoms with E-state index in [0.29, 0.717) is 47.6 Å². The van der Waals surface area contributed by atoms with Gasteiger partial charge in [-0.1, -0.05) is 35.9 Å². The van der Waals surface area contributed by atoms with Gasteiger partial charge in [-0.25, -0.2) is 4.98 Å². The third-order valence-corrected chi connectivity index (χ3v) is 5.69. The highest BCUT2D eigenvalue weighted by atomic mass is 35.5. The average Bonchev–Trinajstić information content (AvgIpc) is 3.26.